The van der Waals surface area contributed by atoms with Crippen molar-refractivity contribution < 1.29 is 14.1 Å². The Labute approximate surface area is 173 Å². The standard InChI is InChI=1S/C20H26N6O4/c1-5-15-22-18(30-24-15)13-11-21-26-14(10-16(27)23-17(13)26)12-6-8-25(9-7-12)19(28)29-20(2,3)4/h10-12H,5-9H2,1-4H3,(H,23,27). The number of hydrogen-bond acceptors (Lipinski definition) is 7. The third-order valence-electron chi connectivity index (χ3n) is 5.11. The van der Waals surface area contributed by atoms with Crippen LogP contribution < -0.4 is 5.56 Å². The van der Waals surface area contributed by atoms with Gasteiger partial charge in [-0.15, -0.1) is 0 Å². The van der Waals surface area contributed by atoms with Crippen LogP contribution in [0.5, 0.6) is 0 Å². The molecular weight excluding hydrogens is 388 g/mol. The molecule has 1 fully saturated rings. The smallest absolute Gasteiger partial charge is 0.410 e. The van der Waals surface area contributed by atoms with Crippen molar-refractivity contribution in [3.63, 3.8) is 0 Å². The van der Waals surface area contributed by atoms with Gasteiger partial charge in [0.25, 0.3) is 11.4 Å². The number of carbonyl (C=O) groups is 1. The monoisotopic (exact) mass is 414 g/mol. The van der Waals surface area contributed by atoms with Crippen molar-refractivity contribution in [1.29, 1.82) is 0 Å². The predicted molar refractivity (Wildman–Crippen MR) is 108 cm³/mol. The lowest BCUT2D eigenvalue weighted by molar-refractivity contribution is 0.0203. The summed E-state index contributed by atoms with van der Waals surface area (Å²) < 4.78 is 12.5. The Bertz CT molecular complexity index is 1110. The van der Waals surface area contributed by atoms with Crippen molar-refractivity contribution in [3.05, 3.63) is 34.1 Å². The molecule has 0 aromatic carbocycles. The fourth-order valence-electron chi connectivity index (χ4n) is 3.65. The highest BCUT2D eigenvalue weighted by atomic mass is 16.6. The SMILES string of the molecule is CCc1noc(-c2cnn3c(C4CCN(C(=O)OC(C)(C)C)CC4)cc(=O)[nH]c23)n1. The second-order valence-corrected chi connectivity index (χ2v) is 8.49. The van der Waals surface area contributed by atoms with Crippen LogP contribution in [-0.4, -0.2) is 54.4 Å². The minimum atomic E-state index is -0.523. The summed E-state index contributed by atoms with van der Waals surface area (Å²) in [5.41, 5.74) is 1.18. The molecular formula is C20H26N6O4. The minimum absolute atomic E-state index is 0.0927. The summed E-state index contributed by atoms with van der Waals surface area (Å²) >= 11 is 0. The average molecular weight is 414 g/mol. The molecule has 30 heavy (non-hydrogen) atoms. The highest BCUT2D eigenvalue weighted by molar-refractivity contribution is 5.71. The van der Waals surface area contributed by atoms with E-state index in [-0.39, 0.29) is 17.6 Å². The number of nitrogens with one attached hydrogen (secondary N) is 1. The summed E-state index contributed by atoms with van der Waals surface area (Å²) in [6.45, 7) is 8.62. The maximum Gasteiger partial charge on any atom is 0.410 e. The molecule has 3 aromatic rings. The first kappa shape index (κ1) is 20.1. The Balaban J connectivity index is 1.58. The van der Waals surface area contributed by atoms with Crippen LogP contribution in [0.1, 0.15) is 58.0 Å². The third-order valence-corrected chi connectivity index (χ3v) is 5.11. The van der Waals surface area contributed by atoms with Crippen LogP contribution >= 0.6 is 0 Å². The lowest BCUT2D eigenvalue weighted by Gasteiger charge is -2.33. The number of carbonyl (C=O) groups excluding carboxylic acids is 1. The minimum Gasteiger partial charge on any atom is -0.444 e. The predicted octanol–water partition coefficient (Wildman–Crippen LogP) is 2.75. The second-order valence-electron chi connectivity index (χ2n) is 8.49. The van der Waals surface area contributed by atoms with Gasteiger partial charge in [0, 0.05) is 31.5 Å². The molecule has 4 heterocycles. The average Bonchev–Trinajstić information content (AvgIpc) is 3.32. The molecule has 1 amide bonds. The van der Waals surface area contributed by atoms with E-state index in [4.69, 9.17) is 9.26 Å². The molecule has 3 aromatic heterocycles. The summed E-state index contributed by atoms with van der Waals surface area (Å²) in [5.74, 6) is 1.02. The molecule has 10 nitrogen and oxygen atoms in total. The second kappa shape index (κ2) is 7.58. The van der Waals surface area contributed by atoms with E-state index >= 15 is 0 Å². The maximum absolute atomic E-state index is 12.4. The molecule has 0 saturated carbocycles. The summed E-state index contributed by atoms with van der Waals surface area (Å²) in [7, 11) is 0. The van der Waals surface area contributed by atoms with Gasteiger partial charge in [-0.25, -0.2) is 9.31 Å². The van der Waals surface area contributed by atoms with E-state index in [0.717, 1.165) is 5.69 Å². The number of H-pyrrole nitrogens is 1. The topological polar surface area (TPSA) is 119 Å². The Morgan fingerprint density at radius 3 is 2.70 bits per heavy atom. The fraction of sp³-hybridized carbons (Fsp3) is 0.550. The Morgan fingerprint density at radius 1 is 1.33 bits per heavy atom. The molecule has 1 N–H and O–H groups in total. The summed E-state index contributed by atoms with van der Waals surface area (Å²) in [6.07, 6.45) is 3.40. The summed E-state index contributed by atoms with van der Waals surface area (Å²) in [5, 5.41) is 8.38. The number of nitrogens with zero attached hydrogens (tertiary/aromatic N) is 5. The lowest BCUT2D eigenvalue weighted by atomic mass is 9.93. The molecule has 0 unspecified atom stereocenters. The van der Waals surface area contributed by atoms with Gasteiger partial charge in [-0.1, -0.05) is 12.1 Å². The number of hydrogen-bond donors (Lipinski definition) is 1. The molecule has 0 radical (unpaired) electrons. The number of rotatable bonds is 3. The zero-order chi connectivity index (χ0) is 21.5. The molecule has 160 valence electrons. The van der Waals surface area contributed by atoms with Crippen LogP contribution in [0.4, 0.5) is 4.79 Å². The molecule has 0 aliphatic carbocycles. The van der Waals surface area contributed by atoms with E-state index < -0.39 is 5.60 Å². The largest absolute Gasteiger partial charge is 0.444 e. The van der Waals surface area contributed by atoms with Gasteiger partial charge in [0.05, 0.1) is 11.9 Å². The molecule has 0 atom stereocenters. The van der Waals surface area contributed by atoms with Gasteiger partial charge < -0.3 is 19.1 Å². The van der Waals surface area contributed by atoms with Crippen molar-refractivity contribution in [2.24, 2.45) is 0 Å². The zero-order valence-electron chi connectivity index (χ0n) is 17.6. The van der Waals surface area contributed by atoms with Crippen molar-refractivity contribution in [1.82, 2.24) is 29.6 Å². The number of likely N-dealkylation sites (tertiary alicyclic amines) is 1. The normalized spacial score (nSPS) is 15.7. The molecule has 1 aliphatic rings. The van der Waals surface area contributed by atoms with Gasteiger partial charge in [0.15, 0.2) is 5.82 Å². The Kier molecular flexibility index (Phi) is 5.08. The van der Waals surface area contributed by atoms with Gasteiger partial charge in [-0.05, 0) is 33.6 Å². The van der Waals surface area contributed by atoms with Crippen molar-refractivity contribution in [2.45, 2.75) is 58.5 Å². The molecule has 4 rings (SSSR count). The quantitative estimate of drug-likeness (QED) is 0.700. The molecule has 1 aliphatic heterocycles. The van der Waals surface area contributed by atoms with Gasteiger partial charge in [0.2, 0.25) is 0 Å². The van der Waals surface area contributed by atoms with E-state index in [1.165, 1.54) is 0 Å². The number of aryl methyl sites for hydroxylation is 1. The number of piperidine rings is 1. The van der Waals surface area contributed by atoms with E-state index in [2.05, 4.69) is 20.2 Å². The van der Waals surface area contributed by atoms with Crippen LogP contribution in [0.25, 0.3) is 17.1 Å². The van der Waals surface area contributed by atoms with Crippen LogP contribution in [0.3, 0.4) is 0 Å². The van der Waals surface area contributed by atoms with Gasteiger partial charge in [-0.3, -0.25) is 4.79 Å². The van der Waals surface area contributed by atoms with Gasteiger partial charge in [-0.2, -0.15) is 10.1 Å². The van der Waals surface area contributed by atoms with Crippen LogP contribution in [0, 0.1) is 0 Å². The van der Waals surface area contributed by atoms with Crippen molar-refractivity contribution in [3.8, 4) is 11.5 Å². The molecule has 10 heteroatoms. The number of ether oxygens (including phenoxy) is 1. The number of amides is 1. The fourth-order valence-corrected chi connectivity index (χ4v) is 3.65. The number of fused-ring (bicyclic) bond motifs is 1. The van der Waals surface area contributed by atoms with Crippen LogP contribution in [0.15, 0.2) is 21.6 Å². The van der Waals surface area contributed by atoms with Crippen LogP contribution in [0.2, 0.25) is 0 Å². The highest BCUT2D eigenvalue weighted by Gasteiger charge is 2.29. The summed E-state index contributed by atoms with van der Waals surface area (Å²) in [4.78, 5) is 33.6. The molecule has 1 saturated heterocycles. The first-order valence-corrected chi connectivity index (χ1v) is 10.2. The van der Waals surface area contributed by atoms with Gasteiger partial charge in [0.1, 0.15) is 16.8 Å². The number of aromatic amines is 1. The van der Waals surface area contributed by atoms with Crippen LogP contribution in [-0.2, 0) is 11.2 Å². The van der Waals surface area contributed by atoms with Gasteiger partial charge >= 0.3 is 6.09 Å². The van der Waals surface area contributed by atoms with Crippen molar-refractivity contribution >= 4 is 11.7 Å². The van der Waals surface area contributed by atoms with E-state index in [1.54, 1.807) is 21.7 Å². The highest BCUT2D eigenvalue weighted by Crippen LogP contribution is 2.30. The maximum atomic E-state index is 12.4. The molecule has 0 bridgehead atoms. The molecule has 0 spiro atoms. The van der Waals surface area contributed by atoms with E-state index in [1.807, 2.05) is 27.7 Å². The van der Waals surface area contributed by atoms with E-state index in [0.29, 0.717) is 55.3 Å². The summed E-state index contributed by atoms with van der Waals surface area (Å²) in [6, 6.07) is 1.57. The third kappa shape index (κ3) is 3.94. The Morgan fingerprint density at radius 2 is 2.07 bits per heavy atom. The first-order valence-electron chi connectivity index (χ1n) is 10.2. The Hall–Kier alpha value is -3.17. The number of aromatic nitrogens is 5. The van der Waals surface area contributed by atoms with E-state index in [9.17, 15) is 9.59 Å². The first-order chi connectivity index (χ1) is 14.2. The lowest BCUT2D eigenvalue weighted by Crippen LogP contribution is -2.41. The zero-order valence-corrected chi connectivity index (χ0v) is 17.6. The van der Waals surface area contributed by atoms with Crippen molar-refractivity contribution in [2.75, 3.05) is 13.1 Å².